The molecule has 0 bridgehead atoms. The molecule has 1 aliphatic rings. The van der Waals surface area contributed by atoms with Crippen molar-refractivity contribution in [2.45, 2.75) is 19.4 Å². The number of carbonyl (C=O) groups is 2. The third-order valence-corrected chi connectivity index (χ3v) is 3.82. The summed E-state index contributed by atoms with van der Waals surface area (Å²) < 4.78 is 0. The first-order valence-corrected chi connectivity index (χ1v) is 6.89. The van der Waals surface area contributed by atoms with Gasteiger partial charge < -0.3 is 10.6 Å². The maximum absolute atomic E-state index is 12.8. The van der Waals surface area contributed by atoms with E-state index in [4.69, 9.17) is 5.73 Å². The number of carbonyl (C=O) groups excluding carboxylic acids is 2. The number of hydrogen-bond acceptors (Lipinski definition) is 2. The van der Waals surface area contributed by atoms with Crippen molar-refractivity contribution in [3.8, 4) is 0 Å². The van der Waals surface area contributed by atoms with Crippen molar-refractivity contribution < 1.29 is 9.59 Å². The van der Waals surface area contributed by atoms with Crippen LogP contribution in [-0.2, 0) is 6.42 Å². The zero-order chi connectivity index (χ0) is 15.0. The molecule has 0 fully saturated rings. The molecule has 1 heterocycles. The molecular weight excluding hydrogens is 264 g/mol. The van der Waals surface area contributed by atoms with Gasteiger partial charge in [0.1, 0.15) is 0 Å². The summed E-state index contributed by atoms with van der Waals surface area (Å²) in [5.74, 6) is -0.630. The van der Waals surface area contributed by atoms with Crippen molar-refractivity contribution in [2.24, 2.45) is 5.73 Å². The first-order valence-electron chi connectivity index (χ1n) is 6.89. The Morgan fingerprint density at radius 1 is 1.10 bits per heavy atom. The van der Waals surface area contributed by atoms with E-state index >= 15 is 0 Å². The fraction of sp³-hybridized carbons (Fsp3) is 0.176. The normalized spacial score (nSPS) is 16.6. The molecule has 4 heteroatoms. The molecule has 2 amide bonds. The lowest BCUT2D eigenvalue weighted by molar-refractivity contribution is 0.0981. The highest BCUT2D eigenvalue weighted by Crippen LogP contribution is 2.33. The second-order valence-corrected chi connectivity index (χ2v) is 5.30. The van der Waals surface area contributed by atoms with Crippen LogP contribution in [0.1, 0.15) is 33.2 Å². The lowest BCUT2D eigenvalue weighted by atomic mass is 10.1. The molecule has 0 spiro atoms. The molecule has 0 saturated carbocycles. The zero-order valence-corrected chi connectivity index (χ0v) is 11.7. The summed E-state index contributed by atoms with van der Waals surface area (Å²) in [6, 6.07) is 14.6. The molecule has 2 N–H and O–H groups in total. The Morgan fingerprint density at radius 2 is 1.81 bits per heavy atom. The van der Waals surface area contributed by atoms with Crippen LogP contribution in [0.5, 0.6) is 0 Å². The monoisotopic (exact) mass is 280 g/mol. The van der Waals surface area contributed by atoms with E-state index in [9.17, 15) is 9.59 Å². The first-order chi connectivity index (χ1) is 10.1. The van der Waals surface area contributed by atoms with Gasteiger partial charge in [0.2, 0.25) is 5.91 Å². The van der Waals surface area contributed by atoms with E-state index in [1.165, 1.54) is 5.56 Å². The minimum absolute atomic E-state index is 0.101. The lowest BCUT2D eigenvalue weighted by Gasteiger charge is -2.23. The SMILES string of the molecule is C[C@@H]1Cc2ccccc2N1C(=O)c1cccc(C(N)=O)c1. The van der Waals surface area contributed by atoms with Crippen LogP contribution in [0.15, 0.2) is 48.5 Å². The number of primary amides is 1. The van der Waals surface area contributed by atoms with Crippen molar-refractivity contribution in [1.82, 2.24) is 0 Å². The van der Waals surface area contributed by atoms with Gasteiger partial charge in [-0.3, -0.25) is 9.59 Å². The van der Waals surface area contributed by atoms with Gasteiger partial charge in [0.25, 0.3) is 5.91 Å². The Labute approximate surface area is 123 Å². The Morgan fingerprint density at radius 3 is 2.57 bits per heavy atom. The second kappa shape index (κ2) is 5.05. The van der Waals surface area contributed by atoms with Gasteiger partial charge in [-0.2, -0.15) is 0 Å². The fourth-order valence-electron chi connectivity index (χ4n) is 2.82. The van der Waals surface area contributed by atoms with Gasteiger partial charge >= 0.3 is 0 Å². The van der Waals surface area contributed by atoms with Crippen LogP contribution < -0.4 is 10.6 Å². The number of anilines is 1. The summed E-state index contributed by atoms with van der Waals surface area (Å²) in [4.78, 5) is 25.8. The molecule has 2 aromatic rings. The van der Waals surface area contributed by atoms with Crippen LogP contribution in [-0.4, -0.2) is 17.9 Å². The van der Waals surface area contributed by atoms with Gasteiger partial charge in [0.15, 0.2) is 0 Å². The summed E-state index contributed by atoms with van der Waals surface area (Å²) in [6.07, 6.45) is 0.845. The number of hydrogen-bond donors (Lipinski definition) is 1. The topological polar surface area (TPSA) is 63.4 Å². The molecule has 4 nitrogen and oxygen atoms in total. The smallest absolute Gasteiger partial charge is 0.258 e. The van der Waals surface area contributed by atoms with Gasteiger partial charge in [-0.25, -0.2) is 0 Å². The lowest BCUT2D eigenvalue weighted by Crippen LogP contribution is -2.35. The molecule has 1 aliphatic heterocycles. The molecule has 0 unspecified atom stereocenters. The van der Waals surface area contributed by atoms with E-state index in [1.807, 2.05) is 31.2 Å². The quantitative estimate of drug-likeness (QED) is 0.918. The van der Waals surface area contributed by atoms with E-state index in [-0.39, 0.29) is 11.9 Å². The highest BCUT2D eigenvalue weighted by molar-refractivity contribution is 6.09. The minimum Gasteiger partial charge on any atom is -0.366 e. The van der Waals surface area contributed by atoms with Gasteiger partial charge in [0, 0.05) is 22.9 Å². The highest BCUT2D eigenvalue weighted by atomic mass is 16.2. The molecule has 2 aromatic carbocycles. The number of benzene rings is 2. The van der Waals surface area contributed by atoms with Crippen molar-refractivity contribution in [3.63, 3.8) is 0 Å². The van der Waals surface area contributed by atoms with Crippen LogP contribution in [0.2, 0.25) is 0 Å². The van der Waals surface area contributed by atoms with E-state index in [2.05, 4.69) is 0 Å². The minimum atomic E-state index is -0.528. The van der Waals surface area contributed by atoms with Gasteiger partial charge in [0.05, 0.1) is 0 Å². The van der Waals surface area contributed by atoms with Crippen molar-refractivity contribution >= 4 is 17.5 Å². The summed E-state index contributed by atoms with van der Waals surface area (Å²) in [7, 11) is 0. The Bertz CT molecular complexity index is 724. The van der Waals surface area contributed by atoms with Gasteiger partial charge in [-0.1, -0.05) is 24.3 Å². The van der Waals surface area contributed by atoms with Crippen molar-refractivity contribution in [1.29, 1.82) is 0 Å². The number of rotatable bonds is 2. The molecule has 0 aromatic heterocycles. The van der Waals surface area contributed by atoms with Crippen LogP contribution in [0.25, 0.3) is 0 Å². The third kappa shape index (κ3) is 2.29. The molecule has 1 atom stereocenters. The maximum atomic E-state index is 12.8. The van der Waals surface area contributed by atoms with Crippen LogP contribution in [0.3, 0.4) is 0 Å². The van der Waals surface area contributed by atoms with Gasteiger partial charge in [-0.15, -0.1) is 0 Å². The summed E-state index contributed by atoms with van der Waals surface area (Å²) in [6.45, 7) is 2.02. The van der Waals surface area contributed by atoms with E-state index in [0.717, 1.165) is 12.1 Å². The molecule has 0 saturated heterocycles. The second-order valence-electron chi connectivity index (χ2n) is 5.30. The number of nitrogens with zero attached hydrogens (tertiary/aromatic N) is 1. The van der Waals surface area contributed by atoms with E-state index in [0.29, 0.717) is 11.1 Å². The highest BCUT2D eigenvalue weighted by Gasteiger charge is 2.31. The predicted octanol–water partition coefficient (Wildman–Crippen LogP) is 2.38. The summed E-state index contributed by atoms with van der Waals surface area (Å²) in [5, 5.41) is 0. The zero-order valence-electron chi connectivity index (χ0n) is 11.7. The standard InChI is InChI=1S/C17H16N2O2/c1-11-9-12-5-2-3-8-15(12)19(11)17(21)14-7-4-6-13(10-14)16(18)20/h2-8,10-11H,9H2,1H3,(H2,18,20)/t11-/m1/s1. The Balaban J connectivity index is 1.99. The fourth-order valence-corrected chi connectivity index (χ4v) is 2.82. The summed E-state index contributed by atoms with van der Waals surface area (Å²) in [5.41, 5.74) is 8.22. The molecule has 0 aliphatic carbocycles. The predicted molar refractivity (Wildman–Crippen MR) is 81.4 cm³/mol. The third-order valence-electron chi connectivity index (χ3n) is 3.82. The average Bonchev–Trinajstić information content (AvgIpc) is 2.82. The van der Waals surface area contributed by atoms with Gasteiger partial charge in [-0.05, 0) is 43.2 Å². The molecule has 106 valence electrons. The van der Waals surface area contributed by atoms with Crippen molar-refractivity contribution in [3.05, 3.63) is 65.2 Å². The summed E-state index contributed by atoms with van der Waals surface area (Å²) >= 11 is 0. The van der Waals surface area contributed by atoms with E-state index in [1.54, 1.807) is 29.2 Å². The first kappa shape index (κ1) is 13.4. The van der Waals surface area contributed by atoms with Crippen molar-refractivity contribution in [2.75, 3.05) is 4.90 Å². The Kier molecular flexibility index (Phi) is 3.22. The molecule has 21 heavy (non-hydrogen) atoms. The molecule has 0 radical (unpaired) electrons. The molecule has 3 rings (SSSR count). The van der Waals surface area contributed by atoms with Crippen LogP contribution >= 0.6 is 0 Å². The number of para-hydroxylation sites is 1. The molecular formula is C17H16N2O2. The number of fused-ring (bicyclic) bond motifs is 1. The number of amides is 2. The average molecular weight is 280 g/mol. The van der Waals surface area contributed by atoms with E-state index < -0.39 is 5.91 Å². The Hall–Kier alpha value is -2.62. The maximum Gasteiger partial charge on any atom is 0.258 e. The van der Waals surface area contributed by atoms with Crippen LogP contribution in [0.4, 0.5) is 5.69 Å². The number of nitrogens with two attached hydrogens (primary N) is 1. The van der Waals surface area contributed by atoms with Crippen LogP contribution in [0, 0.1) is 0 Å². The largest absolute Gasteiger partial charge is 0.366 e.